The molecule has 2 aromatic carbocycles. The van der Waals surface area contributed by atoms with E-state index in [1.54, 1.807) is 34.9 Å². The molecule has 4 aromatic rings. The van der Waals surface area contributed by atoms with E-state index in [1.165, 1.54) is 34.4 Å². The van der Waals surface area contributed by atoms with Crippen molar-refractivity contribution in [2.75, 3.05) is 0 Å². The Morgan fingerprint density at radius 1 is 1.10 bits per heavy atom. The summed E-state index contributed by atoms with van der Waals surface area (Å²) < 4.78 is 41.5. The highest BCUT2D eigenvalue weighted by Crippen LogP contribution is 2.48. The van der Waals surface area contributed by atoms with Crippen molar-refractivity contribution in [3.63, 3.8) is 0 Å². The van der Waals surface area contributed by atoms with Crippen LogP contribution in [0.2, 0.25) is 10.3 Å². The highest BCUT2D eigenvalue weighted by atomic mass is 35.5. The first-order chi connectivity index (χ1) is 18.4. The van der Waals surface area contributed by atoms with Crippen LogP contribution in [-0.2, 0) is 20.1 Å². The molecule has 2 aromatic heterocycles. The largest absolute Gasteiger partial charge is 0.433 e. The Hall–Kier alpha value is -3.60. The number of nitrogens with zero attached hydrogens (tertiary/aromatic N) is 4. The summed E-state index contributed by atoms with van der Waals surface area (Å²) >= 11 is 6.05. The zero-order valence-electron chi connectivity index (χ0n) is 21.5. The fraction of sp³-hybridized carbons (Fsp3) is 0.370. The van der Waals surface area contributed by atoms with Crippen LogP contribution in [0.25, 0.3) is 11.2 Å². The lowest BCUT2D eigenvalue weighted by molar-refractivity contribution is -0.159. The maximum atomic E-state index is 13.7. The summed E-state index contributed by atoms with van der Waals surface area (Å²) in [4.78, 5) is 31.4. The standard InChI is InChI=1S/C27H26BClF2N4O4/c1-26(30,31)39-20-6-3-5-19(15-20)38-24-32-22-21(35(24)16-17-7-9-18(29)10-8-17)23(36)34(25(37)33(22)2)14-13-27(28)11-4-12-27/h3,5-10,15H,4,11-14,16H2,1-2H3. The summed E-state index contributed by atoms with van der Waals surface area (Å²) in [5.41, 5.74) is 0.0493. The van der Waals surface area contributed by atoms with Gasteiger partial charge in [0.25, 0.3) is 5.56 Å². The Morgan fingerprint density at radius 3 is 2.44 bits per heavy atom. The van der Waals surface area contributed by atoms with E-state index in [-0.39, 0.29) is 47.1 Å². The van der Waals surface area contributed by atoms with E-state index in [2.05, 4.69) is 9.72 Å². The predicted molar refractivity (Wildman–Crippen MR) is 144 cm³/mol. The first kappa shape index (κ1) is 27.0. The van der Waals surface area contributed by atoms with Crippen molar-refractivity contribution < 1.29 is 18.3 Å². The SMILES string of the molecule is [B]C1(CCn2c(=O)c3c(nc(Oc4cccc(OC(C)(F)F)c4)n3Cc3ccc(Cl)cc3)n(C)c2=O)CCC1. The number of benzene rings is 2. The second-order valence-corrected chi connectivity index (χ2v) is 10.5. The molecule has 1 fully saturated rings. The number of ether oxygens (including phenoxy) is 2. The molecule has 2 heterocycles. The first-order valence-corrected chi connectivity index (χ1v) is 12.9. The van der Waals surface area contributed by atoms with Crippen LogP contribution < -0.4 is 20.7 Å². The van der Waals surface area contributed by atoms with Crippen LogP contribution in [0.3, 0.4) is 0 Å². The van der Waals surface area contributed by atoms with Crippen molar-refractivity contribution in [2.24, 2.45) is 7.05 Å². The normalized spacial score (nSPS) is 14.8. The van der Waals surface area contributed by atoms with Gasteiger partial charge in [-0.15, -0.1) is 0 Å². The molecule has 0 amide bonds. The maximum absolute atomic E-state index is 13.7. The molecule has 39 heavy (non-hydrogen) atoms. The Kier molecular flexibility index (Phi) is 7.05. The highest BCUT2D eigenvalue weighted by Gasteiger charge is 2.31. The minimum atomic E-state index is -3.38. The van der Waals surface area contributed by atoms with E-state index in [9.17, 15) is 18.4 Å². The van der Waals surface area contributed by atoms with E-state index < -0.39 is 17.4 Å². The number of imidazole rings is 1. The molecule has 1 saturated carbocycles. The molecule has 1 aliphatic rings. The van der Waals surface area contributed by atoms with Gasteiger partial charge in [-0.05, 0) is 36.2 Å². The van der Waals surface area contributed by atoms with Crippen LogP contribution in [0.4, 0.5) is 8.78 Å². The summed E-state index contributed by atoms with van der Waals surface area (Å²) in [6.45, 7) is 0.973. The number of aryl methyl sites for hydroxylation is 1. The second-order valence-electron chi connectivity index (χ2n) is 10.0. The van der Waals surface area contributed by atoms with Crippen molar-refractivity contribution in [2.45, 2.75) is 57.1 Å². The molecule has 0 atom stereocenters. The van der Waals surface area contributed by atoms with Gasteiger partial charge in [-0.2, -0.15) is 13.8 Å². The number of rotatable bonds is 9. The van der Waals surface area contributed by atoms with Gasteiger partial charge < -0.3 is 9.47 Å². The van der Waals surface area contributed by atoms with Gasteiger partial charge in [0.15, 0.2) is 11.2 Å². The van der Waals surface area contributed by atoms with E-state index in [0.717, 1.165) is 24.8 Å². The number of fused-ring (bicyclic) bond motifs is 1. The Bertz CT molecular complexity index is 1640. The smallest absolute Gasteiger partial charge is 0.394 e. The third kappa shape index (κ3) is 5.73. The third-order valence-electron chi connectivity index (χ3n) is 6.95. The molecule has 12 heteroatoms. The summed E-state index contributed by atoms with van der Waals surface area (Å²) in [7, 11) is 7.89. The number of hydrogen-bond donors (Lipinski definition) is 0. The molecule has 0 bridgehead atoms. The molecule has 0 saturated heterocycles. The molecular formula is C27H26BClF2N4O4. The van der Waals surface area contributed by atoms with Gasteiger partial charge in [-0.3, -0.25) is 18.5 Å². The monoisotopic (exact) mass is 554 g/mol. The van der Waals surface area contributed by atoms with E-state index >= 15 is 0 Å². The lowest BCUT2D eigenvalue weighted by Gasteiger charge is -2.39. The molecule has 202 valence electrons. The minimum absolute atomic E-state index is 0.000466. The Balaban J connectivity index is 1.61. The van der Waals surface area contributed by atoms with E-state index in [1.807, 2.05) is 0 Å². The van der Waals surface area contributed by atoms with Gasteiger partial charge in [0.2, 0.25) is 0 Å². The Labute approximate surface area is 229 Å². The molecule has 0 unspecified atom stereocenters. The van der Waals surface area contributed by atoms with Crippen LogP contribution in [0.15, 0.2) is 58.1 Å². The number of hydrogen-bond acceptors (Lipinski definition) is 5. The molecule has 0 aliphatic heterocycles. The summed E-state index contributed by atoms with van der Waals surface area (Å²) in [6.07, 6.45) is -0.158. The summed E-state index contributed by atoms with van der Waals surface area (Å²) in [5, 5.41) is 0.172. The van der Waals surface area contributed by atoms with Gasteiger partial charge in [0.05, 0.1) is 14.4 Å². The van der Waals surface area contributed by atoms with Crippen molar-refractivity contribution >= 4 is 30.6 Å². The van der Waals surface area contributed by atoms with Crippen molar-refractivity contribution in [3.8, 4) is 17.5 Å². The van der Waals surface area contributed by atoms with Gasteiger partial charge in [-0.25, -0.2) is 4.79 Å². The second kappa shape index (κ2) is 10.2. The van der Waals surface area contributed by atoms with Gasteiger partial charge >= 0.3 is 17.8 Å². The number of alkyl halides is 2. The van der Waals surface area contributed by atoms with E-state index in [0.29, 0.717) is 18.4 Å². The quantitative estimate of drug-likeness (QED) is 0.263. The molecule has 5 rings (SSSR count). The third-order valence-corrected chi connectivity index (χ3v) is 7.20. The lowest BCUT2D eigenvalue weighted by Crippen LogP contribution is -2.41. The molecule has 0 spiro atoms. The van der Waals surface area contributed by atoms with Crippen molar-refractivity contribution in [1.29, 1.82) is 0 Å². The molecule has 1 aliphatic carbocycles. The molecule has 2 radical (unpaired) electrons. The topological polar surface area (TPSA) is 80.3 Å². The zero-order valence-corrected chi connectivity index (χ0v) is 22.3. The van der Waals surface area contributed by atoms with Gasteiger partial charge in [-0.1, -0.05) is 54.4 Å². The number of aromatic nitrogens is 4. The Morgan fingerprint density at radius 2 is 1.79 bits per heavy atom. The zero-order chi connectivity index (χ0) is 27.9. The van der Waals surface area contributed by atoms with Crippen molar-refractivity contribution in [1.82, 2.24) is 18.7 Å². The average Bonchev–Trinajstić information content (AvgIpc) is 3.20. The van der Waals surface area contributed by atoms with Gasteiger partial charge in [0.1, 0.15) is 11.5 Å². The maximum Gasteiger partial charge on any atom is 0.394 e. The predicted octanol–water partition coefficient (Wildman–Crippen LogP) is 5.28. The fourth-order valence-electron chi connectivity index (χ4n) is 4.67. The molecule has 8 nitrogen and oxygen atoms in total. The lowest BCUT2D eigenvalue weighted by atomic mass is 9.54. The van der Waals surface area contributed by atoms with Crippen LogP contribution in [0.1, 0.15) is 38.2 Å². The van der Waals surface area contributed by atoms with Crippen LogP contribution in [-0.4, -0.2) is 32.6 Å². The number of halogens is 3. The molecule has 0 N–H and O–H groups in total. The first-order valence-electron chi connectivity index (χ1n) is 12.5. The summed E-state index contributed by atoms with van der Waals surface area (Å²) in [5.74, 6) is 0.0478. The highest BCUT2D eigenvalue weighted by molar-refractivity contribution is 6.30. The average molecular weight is 555 g/mol. The molecular weight excluding hydrogens is 529 g/mol. The van der Waals surface area contributed by atoms with Crippen LogP contribution >= 0.6 is 11.6 Å². The van der Waals surface area contributed by atoms with E-state index in [4.69, 9.17) is 24.2 Å². The van der Waals surface area contributed by atoms with Crippen LogP contribution in [0.5, 0.6) is 17.5 Å². The summed E-state index contributed by atoms with van der Waals surface area (Å²) in [6, 6.07) is 12.7. The van der Waals surface area contributed by atoms with Crippen molar-refractivity contribution in [3.05, 3.63) is 80.0 Å². The van der Waals surface area contributed by atoms with Crippen LogP contribution in [0, 0.1) is 0 Å². The minimum Gasteiger partial charge on any atom is -0.433 e. The fourth-order valence-corrected chi connectivity index (χ4v) is 4.80. The van der Waals surface area contributed by atoms with Gasteiger partial charge in [0, 0.05) is 31.6 Å².